The van der Waals surface area contributed by atoms with Gasteiger partial charge in [0.2, 0.25) is 5.91 Å². The van der Waals surface area contributed by atoms with Gasteiger partial charge in [-0.2, -0.15) is 0 Å². The SMILES string of the molecule is C[C@H]1CN(Cc2ccc(CNC(=O)C3CCC3)cc2)C[C@H](C)O1. The summed E-state index contributed by atoms with van der Waals surface area (Å²) in [4.78, 5) is 14.3. The lowest BCUT2D eigenvalue weighted by Gasteiger charge is -2.35. The highest BCUT2D eigenvalue weighted by molar-refractivity contribution is 5.79. The highest BCUT2D eigenvalue weighted by Gasteiger charge is 2.24. The molecule has 2 atom stereocenters. The molecule has 2 fully saturated rings. The summed E-state index contributed by atoms with van der Waals surface area (Å²) >= 11 is 0. The van der Waals surface area contributed by atoms with Crippen LogP contribution in [-0.2, 0) is 22.6 Å². The van der Waals surface area contributed by atoms with Crippen molar-refractivity contribution in [3.8, 4) is 0 Å². The molecule has 1 N–H and O–H groups in total. The minimum Gasteiger partial charge on any atom is -0.373 e. The van der Waals surface area contributed by atoms with E-state index in [4.69, 9.17) is 4.74 Å². The van der Waals surface area contributed by atoms with Crippen LogP contribution in [0, 0.1) is 5.92 Å². The zero-order valence-corrected chi connectivity index (χ0v) is 14.3. The third-order valence-corrected chi connectivity index (χ3v) is 4.87. The van der Waals surface area contributed by atoms with Gasteiger partial charge in [-0.1, -0.05) is 30.7 Å². The Morgan fingerprint density at radius 1 is 1.13 bits per heavy atom. The third kappa shape index (κ3) is 4.55. The maximum atomic E-state index is 11.9. The number of benzene rings is 1. The smallest absolute Gasteiger partial charge is 0.223 e. The molecule has 1 aliphatic carbocycles. The fourth-order valence-corrected chi connectivity index (χ4v) is 3.44. The highest BCUT2D eigenvalue weighted by atomic mass is 16.5. The lowest BCUT2D eigenvalue weighted by Crippen LogP contribution is -2.44. The maximum Gasteiger partial charge on any atom is 0.223 e. The van der Waals surface area contributed by atoms with Crippen molar-refractivity contribution in [3.63, 3.8) is 0 Å². The lowest BCUT2D eigenvalue weighted by molar-refractivity contribution is -0.127. The van der Waals surface area contributed by atoms with Gasteiger partial charge in [0.05, 0.1) is 12.2 Å². The van der Waals surface area contributed by atoms with Crippen molar-refractivity contribution in [2.24, 2.45) is 5.92 Å². The molecule has 23 heavy (non-hydrogen) atoms. The largest absolute Gasteiger partial charge is 0.373 e. The maximum absolute atomic E-state index is 11.9. The van der Waals surface area contributed by atoms with E-state index < -0.39 is 0 Å². The molecular weight excluding hydrogens is 288 g/mol. The number of morpholine rings is 1. The van der Waals surface area contributed by atoms with Crippen LogP contribution in [0.25, 0.3) is 0 Å². The molecule has 1 heterocycles. The number of amides is 1. The molecule has 2 aliphatic rings. The standard InChI is InChI=1S/C19H28N2O2/c1-14-11-21(12-15(2)23-14)13-17-8-6-16(7-9-17)10-20-19(22)18-4-3-5-18/h6-9,14-15,18H,3-5,10-13H2,1-2H3,(H,20,22)/t14-,15-/m0/s1. The predicted molar refractivity (Wildman–Crippen MR) is 90.9 cm³/mol. The van der Waals surface area contributed by atoms with Gasteiger partial charge in [-0.25, -0.2) is 0 Å². The first kappa shape index (κ1) is 16.5. The van der Waals surface area contributed by atoms with Crippen molar-refractivity contribution < 1.29 is 9.53 Å². The summed E-state index contributed by atoms with van der Waals surface area (Å²) in [6.07, 6.45) is 3.92. The normalized spacial score (nSPS) is 25.8. The fraction of sp³-hybridized carbons (Fsp3) is 0.632. The molecule has 1 amide bonds. The molecule has 1 aromatic carbocycles. The Morgan fingerprint density at radius 3 is 2.30 bits per heavy atom. The van der Waals surface area contributed by atoms with E-state index >= 15 is 0 Å². The molecule has 0 spiro atoms. The first-order valence-electron chi connectivity index (χ1n) is 8.83. The van der Waals surface area contributed by atoms with Gasteiger partial charge < -0.3 is 10.1 Å². The number of nitrogens with zero attached hydrogens (tertiary/aromatic N) is 1. The molecule has 0 unspecified atom stereocenters. The Bertz CT molecular complexity index is 515. The van der Waals surface area contributed by atoms with Crippen molar-refractivity contribution in [1.82, 2.24) is 10.2 Å². The van der Waals surface area contributed by atoms with Gasteiger partial charge in [0.1, 0.15) is 0 Å². The van der Waals surface area contributed by atoms with Gasteiger partial charge in [0, 0.05) is 32.1 Å². The molecule has 1 saturated carbocycles. The number of carbonyl (C=O) groups is 1. The Morgan fingerprint density at radius 2 is 1.74 bits per heavy atom. The molecule has 1 saturated heterocycles. The van der Waals surface area contributed by atoms with E-state index in [1.54, 1.807) is 0 Å². The van der Waals surface area contributed by atoms with Crippen LogP contribution in [0.3, 0.4) is 0 Å². The minimum absolute atomic E-state index is 0.219. The first-order valence-corrected chi connectivity index (χ1v) is 8.83. The molecule has 3 rings (SSSR count). The van der Waals surface area contributed by atoms with E-state index in [-0.39, 0.29) is 11.8 Å². The Balaban J connectivity index is 1.47. The lowest BCUT2D eigenvalue weighted by atomic mass is 9.85. The van der Waals surface area contributed by atoms with Crippen LogP contribution < -0.4 is 5.32 Å². The zero-order chi connectivity index (χ0) is 16.2. The number of hydrogen-bond acceptors (Lipinski definition) is 3. The van der Waals surface area contributed by atoms with Crippen LogP contribution in [0.4, 0.5) is 0 Å². The quantitative estimate of drug-likeness (QED) is 0.908. The fourth-order valence-electron chi connectivity index (χ4n) is 3.44. The minimum atomic E-state index is 0.219. The molecule has 126 valence electrons. The summed E-state index contributed by atoms with van der Waals surface area (Å²) in [5.74, 6) is 0.483. The van der Waals surface area contributed by atoms with E-state index in [2.05, 4.69) is 48.3 Å². The second kappa shape index (κ2) is 7.45. The summed E-state index contributed by atoms with van der Waals surface area (Å²) in [6.45, 7) is 7.86. The molecular formula is C19H28N2O2. The predicted octanol–water partition coefficient (Wildman–Crippen LogP) is 2.71. The van der Waals surface area contributed by atoms with Crippen LogP contribution in [0.1, 0.15) is 44.2 Å². The van der Waals surface area contributed by atoms with E-state index in [9.17, 15) is 4.79 Å². The Labute approximate surface area is 139 Å². The van der Waals surface area contributed by atoms with Crippen LogP contribution in [0.15, 0.2) is 24.3 Å². The summed E-state index contributed by atoms with van der Waals surface area (Å²) in [5.41, 5.74) is 2.49. The zero-order valence-electron chi connectivity index (χ0n) is 14.3. The molecule has 4 nitrogen and oxygen atoms in total. The second-order valence-electron chi connectivity index (χ2n) is 7.11. The van der Waals surface area contributed by atoms with Crippen molar-refractivity contribution in [3.05, 3.63) is 35.4 Å². The van der Waals surface area contributed by atoms with Gasteiger partial charge in [0.15, 0.2) is 0 Å². The van der Waals surface area contributed by atoms with Gasteiger partial charge >= 0.3 is 0 Å². The average molecular weight is 316 g/mol. The molecule has 0 aromatic heterocycles. The number of carbonyl (C=O) groups excluding carboxylic acids is 1. The van der Waals surface area contributed by atoms with Crippen molar-refractivity contribution >= 4 is 5.91 Å². The first-order chi connectivity index (χ1) is 11.1. The van der Waals surface area contributed by atoms with Crippen LogP contribution in [-0.4, -0.2) is 36.1 Å². The van der Waals surface area contributed by atoms with Gasteiger partial charge in [-0.15, -0.1) is 0 Å². The van der Waals surface area contributed by atoms with Crippen molar-refractivity contribution in [1.29, 1.82) is 0 Å². The molecule has 4 heteroatoms. The highest BCUT2D eigenvalue weighted by Crippen LogP contribution is 2.26. The summed E-state index contributed by atoms with van der Waals surface area (Å²) in [6, 6.07) is 8.61. The van der Waals surface area contributed by atoms with Crippen LogP contribution in [0.2, 0.25) is 0 Å². The van der Waals surface area contributed by atoms with E-state index in [0.29, 0.717) is 18.8 Å². The Hall–Kier alpha value is -1.39. The summed E-state index contributed by atoms with van der Waals surface area (Å²) < 4.78 is 5.78. The topological polar surface area (TPSA) is 41.6 Å². The van der Waals surface area contributed by atoms with Crippen molar-refractivity contribution in [2.45, 2.75) is 58.4 Å². The Kier molecular flexibility index (Phi) is 5.34. The van der Waals surface area contributed by atoms with Gasteiger partial charge in [-0.05, 0) is 37.8 Å². The number of nitrogens with one attached hydrogen (secondary N) is 1. The molecule has 1 aromatic rings. The van der Waals surface area contributed by atoms with Crippen LogP contribution in [0.5, 0.6) is 0 Å². The van der Waals surface area contributed by atoms with Crippen LogP contribution >= 0.6 is 0 Å². The van der Waals surface area contributed by atoms with Gasteiger partial charge in [0.25, 0.3) is 0 Å². The molecule has 0 radical (unpaired) electrons. The van der Waals surface area contributed by atoms with E-state index in [1.807, 2.05) is 0 Å². The van der Waals surface area contributed by atoms with E-state index in [1.165, 1.54) is 17.5 Å². The summed E-state index contributed by atoms with van der Waals surface area (Å²) in [7, 11) is 0. The molecule has 1 aliphatic heterocycles. The second-order valence-corrected chi connectivity index (χ2v) is 7.11. The summed E-state index contributed by atoms with van der Waals surface area (Å²) in [5, 5.41) is 3.05. The number of hydrogen-bond donors (Lipinski definition) is 1. The number of ether oxygens (including phenoxy) is 1. The number of rotatable bonds is 5. The monoisotopic (exact) mass is 316 g/mol. The molecule has 0 bridgehead atoms. The average Bonchev–Trinajstić information content (AvgIpc) is 2.43. The van der Waals surface area contributed by atoms with Gasteiger partial charge in [-0.3, -0.25) is 9.69 Å². The van der Waals surface area contributed by atoms with Crippen molar-refractivity contribution in [2.75, 3.05) is 13.1 Å². The third-order valence-electron chi connectivity index (χ3n) is 4.87. The van der Waals surface area contributed by atoms with E-state index in [0.717, 1.165) is 32.5 Å².